The Bertz CT molecular complexity index is 371. The highest BCUT2D eigenvalue weighted by atomic mass is 16.7. The molecule has 5 unspecified atom stereocenters. The van der Waals surface area contributed by atoms with Gasteiger partial charge in [0.15, 0.2) is 6.29 Å². The molecular weight excluding hydrogens is 292 g/mol. The third kappa shape index (κ3) is 3.29. The third-order valence-electron chi connectivity index (χ3n) is 4.93. The van der Waals surface area contributed by atoms with E-state index in [9.17, 15) is 20.4 Å². The van der Waals surface area contributed by atoms with Crippen LogP contribution in [0.2, 0.25) is 0 Å². The molecule has 2 rings (SSSR count). The Hall–Kier alpha value is -0.320. The predicted molar refractivity (Wildman–Crippen MR) is 77.5 cm³/mol. The summed E-state index contributed by atoms with van der Waals surface area (Å²) in [5.74, 6) is -0.144. The van der Waals surface area contributed by atoms with Gasteiger partial charge in [-0.05, 0) is 12.3 Å². The molecule has 2 fully saturated rings. The highest BCUT2D eigenvalue weighted by molar-refractivity contribution is 4.95. The quantitative estimate of drug-likeness (QED) is 0.334. The summed E-state index contributed by atoms with van der Waals surface area (Å²) in [5.41, 5.74) is 12.0. The molecule has 0 aromatic carbocycles. The molecule has 22 heavy (non-hydrogen) atoms. The number of aliphatic hydroxyl groups excluding tert-OH is 4. The Labute approximate surface area is 130 Å². The highest BCUT2D eigenvalue weighted by Crippen LogP contribution is 2.33. The van der Waals surface area contributed by atoms with Crippen molar-refractivity contribution < 1.29 is 29.9 Å². The van der Waals surface area contributed by atoms with Gasteiger partial charge in [-0.15, -0.1) is 0 Å². The van der Waals surface area contributed by atoms with Gasteiger partial charge in [-0.3, -0.25) is 0 Å². The Morgan fingerprint density at radius 3 is 2.32 bits per heavy atom. The minimum atomic E-state index is -1.28. The zero-order valence-electron chi connectivity index (χ0n) is 12.9. The molecule has 1 aliphatic carbocycles. The van der Waals surface area contributed by atoms with E-state index in [2.05, 4.69) is 0 Å². The molecule has 8 N–H and O–H groups in total. The van der Waals surface area contributed by atoms with E-state index in [4.69, 9.17) is 20.9 Å². The van der Waals surface area contributed by atoms with Gasteiger partial charge in [0.05, 0.1) is 24.9 Å². The Balaban J connectivity index is 2.08. The summed E-state index contributed by atoms with van der Waals surface area (Å²) in [6.07, 6.45) is -4.95. The molecule has 0 bridgehead atoms. The fourth-order valence-electron chi connectivity index (χ4n) is 3.41. The third-order valence-corrected chi connectivity index (χ3v) is 4.93. The van der Waals surface area contributed by atoms with Crippen molar-refractivity contribution in [3.8, 4) is 0 Å². The molecule has 8 nitrogen and oxygen atoms in total. The average Bonchev–Trinajstić information content (AvgIpc) is 2.49. The number of aliphatic hydroxyl groups is 4. The van der Waals surface area contributed by atoms with Gasteiger partial charge in [0.25, 0.3) is 0 Å². The second-order valence-corrected chi connectivity index (χ2v) is 6.61. The fraction of sp³-hybridized carbons (Fsp3) is 1.00. The second-order valence-electron chi connectivity index (χ2n) is 6.61. The number of hydrogen-bond acceptors (Lipinski definition) is 8. The zero-order chi connectivity index (χ0) is 16.6. The molecule has 2 aliphatic rings. The van der Waals surface area contributed by atoms with Gasteiger partial charge >= 0.3 is 0 Å². The molecule has 8 heteroatoms. The average molecular weight is 320 g/mol. The van der Waals surface area contributed by atoms with Crippen molar-refractivity contribution in [1.82, 2.24) is 0 Å². The van der Waals surface area contributed by atoms with E-state index in [0.29, 0.717) is 6.42 Å². The van der Waals surface area contributed by atoms with Crippen molar-refractivity contribution in [2.24, 2.45) is 23.3 Å². The van der Waals surface area contributed by atoms with Crippen LogP contribution in [0.3, 0.4) is 0 Å². The van der Waals surface area contributed by atoms with Crippen LogP contribution in [0.5, 0.6) is 0 Å². The van der Waals surface area contributed by atoms with Gasteiger partial charge in [-0.1, -0.05) is 13.8 Å². The van der Waals surface area contributed by atoms with E-state index in [0.717, 1.165) is 0 Å². The maximum Gasteiger partial charge on any atom is 0.176 e. The maximum atomic E-state index is 10.2. The van der Waals surface area contributed by atoms with Crippen molar-refractivity contribution in [1.29, 1.82) is 0 Å². The fourth-order valence-corrected chi connectivity index (χ4v) is 3.41. The molecule has 130 valence electrons. The minimum Gasteiger partial charge on any atom is -0.394 e. The predicted octanol–water partition coefficient (Wildman–Crippen LogP) is -2.50. The van der Waals surface area contributed by atoms with Crippen LogP contribution >= 0.6 is 0 Å². The summed E-state index contributed by atoms with van der Waals surface area (Å²) < 4.78 is 11.3. The lowest BCUT2D eigenvalue weighted by molar-refractivity contribution is -0.289. The van der Waals surface area contributed by atoms with Crippen LogP contribution in [0.1, 0.15) is 20.3 Å². The molecule has 0 spiro atoms. The van der Waals surface area contributed by atoms with Crippen molar-refractivity contribution >= 4 is 0 Å². The van der Waals surface area contributed by atoms with Crippen molar-refractivity contribution in [2.45, 2.75) is 69.2 Å². The van der Waals surface area contributed by atoms with Gasteiger partial charge in [0, 0.05) is 12.0 Å². The first kappa shape index (κ1) is 18.0. The summed E-state index contributed by atoms with van der Waals surface area (Å²) >= 11 is 0. The molecule has 0 aromatic rings. The maximum absolute atomic E-state index is 10.2. The van der Waals surface area contributed by atoms with Gasteiger partial charge in [0.2, 0.25) is 0 Å². The Morgan fingerprint density at radius 2 is 1.73 bits per heavy atom. The second kappa shape index (κ2) is 7.06. The Kier molecular flexibility index (Phi) is 5.79. The number of rotatable bonds is 3. The molecule has 0 radical (unpaired) electrons. The van der Waals surface area contributed by atoms with E-state index >= 15 is 0 Å². The molecule has 10 atom stereocenters. The van der Waals surface area contributed by atoms with Gasteiger partial charge in [0.1, 0.15) is 18.3 Å². The first-order valence-corrected chi connectivity index (χ1v) is 7.75. The van der Waals surface area contributed by atoms with E-state index in [1.54, 1.807) is 0 Å². The number of hydrogen-bond donors (Lipinski definition) is 6. The molecule has 0 aromatic heterocycles. The molecule has 1 saturated heterocycles. The standard InChI is InChI=1S/C14H28N2O6/c1-5-3-7(15)13(6(2)10(5)18)22-14-9(16)12(20)11(19)8(4-17)21-14/h5-14,17-20H,3-4,15-16H2,1-2H3/t5-,6?,7?,8-,9?,10?,11-,12?,13+,14-/m1/s1. The van der Waals surface area contributed by atoms with Crippen molar-refractivity contribution in [2.75, 3.05) is 6.61 Å². The van der Waals surface area contributed by atoms with Crippen molar-refractivity contribution in [3.05, 3.63) is 0 Å². The van der Waals surface area contributed by atoms with Gasteiger partial charge < -0.3 is 41.4 Å². The lowest BCUT2D eigenvalue weighted by Crippen LogP contribution is -2.64. The van der Waals surface area contributed by atoms with E-state index < -0.39 is 49.5 Å². The summed E-state index contributed by atoms with van der Waals surface area (Å²) in [7, 11) is 0. The summed E-state index contributed by atoms with van der Waals surface area (Å²) in [6, 6.07) is -1.26. The first-order chi connectivity index (χ1) is 10.3. The monoisotopic (exact) mass is 320 g/mol. The molecule has 0 amide bonds. The zero-order valence-corrected chi connectivity index (χ0v) is 12.9. The van der Waals surface area contributed by atoms with E-state index in [1.165, 1.54) is 0 Å². The van der Waals surface area contributed by atoms with Crippen LogP contribution in [0.25, 0.3) is 0 Å². The van der Waals surface area contributed by atoms with Crippen LogP contribution < -0.4 is 11.5 Å². The number of ether oxygens (including phenoxy) is 2. The van der Waals surface area contributed by atoms with Crippen LogP contribution in [0, 0.1) is 11.8 Å². The topological polar surface area (TPSA) is 151 Å². The SMILES string of the molecule is CC1C(O)[C@H](C)CC(N)[C@H]1O[C@H]1O[C@H](CO)[C@@H](O)C(O)C1N. The van der Waals surface area contributed by atoms with Gasteiger partial charge in [-0.25, -0.2) is 0 Å². The van der Waals surface area contributed by atoms with Crippen LogP contribution in [0.15, 0.2) is 0 Å². The normalized spacial score (nSPS) is 53.5. The first-order valence-electron chi connectivity index (χ1n) is 7.75. The van der Waals surface area contributed by atoms with Crippen LogP contribution in [0.4, 0.5) is 0 Å². The van der Waals surface area contributed by atoms with E-state index in [1.807, 2.05) is 13.8 Å². The highest BCUT2D eigenvalue weighted by Gasteiger charge is 2.47. The molecule has 1 saturated carbocycles. The lowest BCUT2D eigenvalue weighted by Gasteiger charge is -2.46. The van der Waals surface area contributed by atoms with Crippen LogP contribution in [-0.4, -0.2) is 75.9 Å². The number of nitrogens with two attached hydrogens (primary N) is 2. The van der Waals surface area contributed by atoms with Crippen LogP contribution in [-0.2, 0) is 9.47 Å². The summed E-state index contributed by atoms with van der Waals surface area (Å²) in [5, 5.41) is 39.1. The minimum absolute atomic E-state index is 0.0726. The molecule has 1 heterocycles. The molecular formula is C14H28N2O6. The summed E-state index contributed by atoms with van der Waals surface area (Å²) in [4.78, 5) is 0. The Morgan fingerprint density at radius 1 is 1.09 bits per heavy atom. The summed E-state index contributed by atoms with van der Waals surface area (Å²) in [6.45, 7) is 3.31. The lowest BCUT2D eigenvalue weighted by atomic mass is 9.76. The largest absolute Gasteiger partial charge is 0.394 e. The van der Waals surface area contributed by atoms with Crippen molar-refractivity contribution in [3.63, 3.8) is 0 Å². The molecule has 1 aliphatic heterocycles. The van der Waals surface area contributed by atoms with E-state index in [-0.39, 0.29) is 17.9 Å². The smallest absolute Gasteiger partial charge is 0.176 e. The van der Waals surface area contributed by atoms with Gasteiger partial charge in [-0.2, -0.15) is 0 Å².